The first-order chi connectivity index (χ1) is 10.4. The molecule has 0 spiro atoms. The zero-order valence-corrected chi connectivity index (χ0v) is 12.2. The second-order valence-corrected chi connectivity index (χ2v) is 5.32. The van der Waals surface area contributed by atoms with Crippen molar-refractivity contribution in [3.63, 3.8) is 0 Å². The van der Waals surface area contributed by atoms with Crippen molar-refractivity contribution in [2.45, 2.75) is 18.8 Å². The molecule has 5 heteroatoms. The maximum atomic E-state index is 12.7. The predicted octanol–water partition coefficient (Wildman–Crippen LogP) is 3.87. The van der Waals surface area contributed by atoms with Crippen LogP contribution in [0.25, 0.3) is 0 Å². The quantitative estimate of drug-likeness (QED) is 0.906. The van der Waals surface area contributed by atoms with Gasteiger partial charge in [0, 0.05) is 13.1 Å². The van der Waals surface area contributed by atoms with Gasteiger partial charge < -0.3 is 5.11 Å². The normalized spacial score (nSPS) is 13.4. The van der Waals surface area contributed by atoms with Crippen LogP contribution in [0.15, 0.2) is 54.6 Å². The monoisotopic (exact) mass is 309 g/mol. The van der Waals surface area contributed by atoms with Gasteiger partial charge in [0.05, 0.1) is 11.7 Å². The molecule has 0 saturated heterocycles. The molecule has 0 heterocycles. The van der Waals surface area contributed by atoms with E-state index in [9.17, 15) is 18.3 Å². The summed E-state index contributed by atoms with van der Waals surface area (Å²) in [5, 5.41) is 10.2. The summed E-state index contributed by atoms with van der Waals surface area (Å²) in [7, 11) is 1.82. The highest BCUT2D eigenvalue weighted by Gasteiger charge is 2.30. The lowest BCUT2D eigenvalue weighted by molar-refractivity contribution is -0.137. The van der Waals surface area contributed by atoms with Gasteiger partial charge in [-0.15, -0.1) is 0 Å². The third-order valence-corrected chi connectivity index (χ3v) is 3.38. The molecule has 0 aromatic heterocycles. The Morgan fingerprint density at radius 1 is 1.05 bits per heavy atom. The van der Waals surface area contributed by atoms with Crippen LogP contribution in [0, 0.1) is 0 Å². The Kier molecular flexibility index (Phi) is 5.21. The topological polar surface area (TPSA) is 23.5 Å². The van der Waals surface area contributed by atoms with E-state index in [1.165, 1.54) is 12.1 Å². The summed E-state index contributed by atoms with van der Waals surface area (Å²) in [5.74, 6) is 0. The van der Waals surface area contributed by atoms with Crippen LogP contribution >= 0.6 is 0 Å². The smallest absolute Gasteiger partial charge is 0.387 e. The number of halogens is 3. The summed E-state index contributed by atoms with van der Waals surface area (Å²) < 4.78 is 38.1. The summed E-state index contributed by atoms with van der Waals surface area (Å²) in [5.41, 5.74) is 0.616. The summed E-state index contributed by atoms with van der Waals surface area (Å²) in [4.78, 5) is 1.88. The Bertz CT molecular complexity index is 598. The van der Waals surface area contributed by atoms with Crippen LogP contribution in [0.4, 0.5) is 13.2 Å². The Morgan fingerprint density at radius 3 is 2.36 bits per heavy atom. The summed E-state index contributed by atoms with van der Waals surface area (Å²) in [6.07, 6.45) is -5.36. The third kappa shape index (κ3) is 4.58. The minimum atomic E-state index is -4.40. The van der Waals surface area contributed by atoms with Gasteiger partial charge in [0.15, 0.2) is 0 Å². The van der Waals surface area contributed by atoms with E-state index in [4.69, 9.17) is 0 Å². The molecule has 0 bridgehead atoms. The Hall–Kier alpha value is -1.85. The Morgan fingerprint density at radius 2 is 1.73 bits per heavy atom. The molecule has 2 aromatic rings. The van der Waals surface area contributed by atoms with E-state index < -0.39 is 17.8 Å². The van der Waals surface area contributed by atoms with Crippen LogP contribution in [0.5, 0.6) is 0 Å². The van der Waals surface area contributed by atoms with Crippen molar-refractivity contribution in [3.05, 3.63) is 71.3 Å². The summed E-state index contributed by atoms with van der Waals surface area (Å²) >= 11 is 0. The van der Waals surface area contributed by atoms with E-state index >= 15 is 0 Å². The lowest BCUT2D eigenvalue weighted by Crippen LogP contribution is -2.24. The summed E-state index contributed by atoms with van der Waals surface area (Å²) in [6, 6.07) is 14.5. The molecule has 0 saturated carbocycles. The Balaban J connectivity index is 2.01. The Labute approximate surface area is 127 Å². The van der Waals surface area contributed by atoms with Crippen molar-refractivity contribution in [3.8, 4) is 0 Å². The van der Waals surface area contributed by atoms with Crippen LogP contribution in [0.1, 0.15) is 22.8 Å². The molecule has 0 aliphatic rings. The highest BCUT2D eigenvalue weighted by atomic mass is 19.4. The number of rotatable bonds is 5. The maximum absolute atomic E-state index is 12.7. The third-order valence-electron chi connectivity index (χ3n) is 3.38. The molecule has 1 unspecified atom stereocenters. The van der Waals surface area contributed by atoms with Gasteiger partial charge in [0.1, 0.15) is 0 Å². The zero-order chi connectivity index (χ0) is 16.2. The lowest BCUT2D eigenvalue weighted by Gasteiger charge is -2.21. The number of likely N-dealkylation sites (N-methyl/N-ethyl adjacent to an activating group) is 1. The van der Waals surface area contributed by atoms with Gasteiger partial charge in [0.2, 0.25) is 0 Å². The fourth-order valence-electron chi connectivity index (χ4n) is 2.28. The van der Waals surface area contributed by atoms with E-state index in [-0.39, 0.29) is 12.1 Å². The first-order valence-corrected chi connectivity index (χ1v) is 6.94. The van der Waals surface area contributed by atoms with Gasteiger partial charge in [-0.25, -0.2) is 0 Å². The van der Waals surface area contributed by atoms with E-state index in [1.807, 2.05) is 42.3 Å². The average molecular weight is 309 g/mol. The molecule has 2 rings (SSSR count). The predicted molar refractivity (Wildman–Crippen MR) is 79.2 cm³/mol. The number of hydrogen-bond acceptors (Lipinski definition) is 2. The fourth-order valence-corrected chi connectivity index (χ4v) is 2.28. The molecular formula is C17H18F3NO. The van der Waals surface area contributed by atoms with Crippen LogP contribution in [0.2, 0.25) is 0 Å². The standard InChI is InChI=1S/C17H18F3NO/c1-21(11-13-6-3-2-4-7-13)12-16(22)14-8-5-9-15(10-14)17(18,19)20/h2-10,16,22H,11-12H2,1H3. The minimum Gasteiger partial charge on any atom is -0.387 e. The van der Waals surface area contributed by atoms with Crippen molar-refractivity contribution in [2.75, 3.05) is 13.6 Å². The zero-order valence-electron chi connectivity index (χ0n) is 12.2. The molecule has 0 aliphatic carbocycles. The number of aliphatic hydroxyl groups is 1. The van der Waals surface area contributed by atoms with Crippen LogP contribution in [-0.4, -0.2) is 23.6 Å². The fraction of sp³-hybridized carbons (Fsp3) is 0.294. The maximum Gasteiger partial charge on any atom is 0.416 e. The molecular weight excluding hydrogens is 291 g/mol. The van der Waals surface area contributed by atoms with Crippen molar-refractivity contribution < 1.29 is 18.3 Å². The number of nitrogens with zero attached hydrogens (tertiary/aromatic N) is 1. The average Bonchev–Trinajstić information content (AvgIpc) is 2.47. The second kappa shape index (κ2) is 6.94. The first kappa shape index (κ1) is 16.5. The number of hydrogen-bond donors (Lipinski definition) is 1. The van der Waals surface area contributed by atoms with Gasteiger partial charge >= 0.3 is 6.18 Å². The van der Waals surface area contributed by atoms with Gasteiger partial charge in [0.25, 0.3) is 0 Å². The number of alkyl halides is 3. The molecule has 2 aromatic carbocycles. The molecule has 1 N–H and O–H groups in total. The highest BCUT2D eigenvalue weighted by molar-refractivity contribution is 5.27. The molecule has 0 amide bonds. The second-order valence-electron chi connectivity index (χ2n) is 5.32. The van der Waals surface area contributed by atoms with Crippen molar-refractivity contribution >= 4 is 0 Å². The molecule has 22 heavy (non-hydrogen) atoms. The van der Waals surface area contributed by atoms with Gasteiger partial charge in [-0.2, -0.15) is 13.2 Å². The molecule has 0 fully saturated rings. The highest BCUT2D eigenvalue weighted by Crippen LogP contribution is 2.30. The van der Waals surface area contributed by atoms with Crippen LogP contribution < -0.4 is 0 Å². The molecule has 2 nitrogen and oxygen atoms in total. The minimum absolute atomic E-state index is 0.260. The van der Waals surface area contributed by atoms with E-state index in [1.54, 1.807) is 0 Å². The van der Waals surface area contributed by atoms with E-state index in [2.05, 4.69) is 0 Å². The largest absolute Gasteiger partial charge is 0.416 e. The van der Waals surface area contributed by atoms with Gasteiger partial charge in [-0.1, -0.05) is 42.5 Å². The molecule has 0 aliphatic heterocycles. The number of benzene rings is 2. The molecule has 1 atom stereocenters. The van der Waals surface area contributed by atoms with Crippen molar-refractivity contribution in [1.82, 2.24) is 4.90 Å². The first-order valence-electron chi connectivity index (χ1n) is 6.94. The van der Waals surface area contributed by atoms with Gasteiger partial charge in [-0.05, 0) is 30.3 Å². The molecule has 0 radical (unpaired) electrons. The molecule has 118 valence electrons. The van der Waals surface area contributed by atoms with Crippen LogP contribution in [0.3, 0.4) is 0 Å². The number of aliphatic hydroxyl groups excluding tert-OH is 1. The SMILES string of the molecule is CN(Cc1ccccc1)CC(O)c1cccc(C(F)(F)F)c1. The summed E-state index contributed by atoms with van der Waals surface area (Å²) in [6.45, 7) is 0.882. The van der Waals surface area contributed by atoms with Crippen LogP contribution in [-0.2, 0) is 12.7 Å². The van der Waals surface area contributed by atoms with Crippen molar-refractivity contribution in [2.24, 2.45) is 0 Å². The van der Waals surface area contributed by atoms with Crippen molar-refractivity contribution in [1.29, 1.82) is 0 Å². The lowest BCUT2D eigenvalue weighted by atomic mass is 10.1. The van der Waals surface area contributed by atoms with E-state index in [0.717, 1.165) is 17.7 Å². The van der Waals surface area contributed by atoms with E-state index in [0.29, 0.717) is 6.54 Å². The van der Waals surface area contributed by atoms with Gasteiger partial charge in [-0.3, -0.25) is 4.90 Å².